The summed E-state index contributed by atoms with van der Waals surface area (Å²) in [6.07, 6.45) is 4.58. The zero-order chi connectivity index (χ0) is 18.1. The van der Waals surface area contributed by atoms with Crippen LogP contribution in [-0.4, -0.2) is 24.7 Å². The van der Waals surface area contributed by atoms with Crippen molar-refractivity contribution < 1.29 is 14.6 Å². The molecule has 2 aromatic rings. The minimum Gasteiger partial charge on any atom is -0.396 e. The largest absolute Gasteiger partial charge is 0.396 e. The standard InChI is InChI=1S/C21H25NO3/c1-16(8-6-7-15-23)20(25-2)17-11-13-19(14-12-17)22-21(24)18-9-4-3-5-10-18/h3-6,8-14,16,20,23H,7,15H2,1-2H3,(H,22,24)/b8-6+/t16-,20+/m0/s1. The third-order valence-corrected chi connectivity index (χ3v) is 4.00. The molecule has 0 aliphatic carbocycles. The van der Waals surface area contributed by atoms with Gasteiger partial charge in [0.2, 0.25) is 0 Å². The molecule has 0 aromatic heterocycles. The van der Waals surface area contributed by atoms with Crippen molar-refractivity contribution in [2.45, 2.75) is 19.4 Å². The Balaban J connectivity index is 2.03. The first-order chi connectivity index (χ1) is 12.2. The van der Waals surface area contributed by atoms with Crippen molar-refractivity contribution in [3.63, 3.8) is 0 Å². The number of hydrogen-bond donors (Lipinski definition) is 2. The Bertz CT molecular complexity index is 680. The van der Waals surface area contributed by atoms with Crippen LogP contribution in [0.1, 0.15) is 35.4 Å². The molecule has 25 heavy (non-hydrogen) atoms. The molecule has 1 amide bonds. The Morgan fingerprint density at radius 2 is 1.84 bits per heavy atom. The molecule has 0 radical (unpaired) electrons. The number of carbonyl (C=O) groups is 1. The second-order valence-corrected chi connectivity index (χ2v) is 5.90. The number of aliphatic hydroxyl groups is 1. The van der Waals surface area contributed by atoms with E-state index in [1.165, 1.54) is 0 Å². The van der Waals surface area contributed by atoms with Crippen LogP contribution < -0.4 is 5.32 Å². The van der Waals surface area contributed by atoms with Crippen LogP contribution in [0.15, 0.2) is 66.7 Å². The summed E-state index contributed by atoms with van der Waals surface area (Å²) in [6, 6.07) is 16.8. The maximum absolute atomic E-state index is 12.2. The summed E-state index contributed by atoms with van der Waals surface area (Å²) in [7, 11) is 1.69. The number of ether oxygens (including phenoxy) is 1. The van der Waals surface area contributed by atoms with Gasteiger partial charge in [-0.15, -0.1) is 0 Å². The lowest BCUT2D eigenvalue weighted by Gasteiger charge is -2.21. The molecule has 2 rings (SSSR count). The van der Waals surface area contributed by atoms with E-state index in [2.05, 4.69) is 18.3 Å². The smallest absolute Gasteiger partial charge is 0.255 e. The highest BCUT2D eigenvalue weighted by Crippen LogP contribution is 2.27. The first kappa shape index (κ1) is 18.9. The average molecular weight is 339 g/mol. The minimum absolute atomic E-state index is 0.0752. The number of benzene rings is 2. The number of carbonyl (C=O) groups excluding carboxylic acids is 1. The molecule has 0 heterocycles. The molecule has 2 aromatic carbocycles. The third-order valence-electron chi connectivity index (χ3n) is 4.00. The van der Waals surface area contributed by atoms with Gasteiger partial charge < -0.3 is 15.2 Å². The average Bonchev–Trinajstić information content (AvgIpc) is 2.64. The van der Waals surface area contributed by atoms with Crippen molar-refractivity contribution in [2.75, 3.05) is 19.0 Å². The molecule has 0 saturated heterocycles. The molecular formula is C21H25NO3. The fraction of sp³-hybridized carbons (Fsp3) is 0.286. The van der Waals surface area contributed by atoms with Crippen LogP contribution in [0.25, 0.3) is 0 Å². The van der Waals surface area contributed by atoms with Crippen molar-refractivity contribution in [3.05, 3.63) is 77.9 Å². The highest BCUT2D eigenvalue weighted by Gasteiger charge is 2.16. The summed E-state index contributed by atoms with van der Waals surface area (Å²) >= 11 is 0. The van der Waals surface area contributed by atoms with Crippen molar-refractivity contribution in [3.8, 4) is 0 Å². The second-order valence-electron chi connectivity index (χ2n) is 5.90. The van der Waals surface area contributed by atoms with Crippen molar-refractivity contribution in [1.29, 1.82) is 0 Å². The zero-order valence-electron chi connectivity index (χ0n) is 14.7. The summed E-state index contributed by atoms with van der Waals surface area (Å²) in [6.45, 7) is 2.23. The first-order valence-corrected chi connectivity index (χ1v) is 8.42. The van der Waals surface area contributed by atoms with Crippen LogP contribution in [0, 0.1) is 5.92 Å². The van der Waals surface area contributed by atoms with E-state index in [0.29, 0.717) is 12.0 Å². The molecule has 0 spiro atoms. The van der Waals surface area contributed by atoms with E-state index >= 15 is 0 Å². The van der Waals surface area contributed by atoms with Crippen LogP contribution >= 0.6 is 0 Å². The minimum atomic E-state index is -0.128. The third kappa shape index (κ3) is 5.55. The molecule has 2 atom stereocenters. The Morgan fingerprint density at radius 3 is 2.44 bits per heavy atom. The fourth-order valence-electron chi connectivity index (χ4n) is 2.69. The molecule has 0 fully saturated rings. The molecule has 0 unspecified atom stereocenters. The van der Waals surface area contributed by atoms with Gasteiger partial charge >= 0.3 is 0 Å². The second kappa shape index (κ2) is 9.77. The first-order valence-electron chi connectivity index (χ1n) is 8.42. The maximum Gasteiger partial charge on any atom is 0.255 e. The zero-order valence-corrected chi connectivity index (χ0v) is 14.7. The van der Waals surface area contributed by atoms with E-state index in [4.69, 9.17) is 9.84 Å². The van der Waals surface area contributed by atoms with Gasteiger partial charge in [-0.3, -0.25) is 4.79 Å². The van der Waals surface area contributed by atoms with Crippen LogP contribution in [0.2, 0.25) is 0 Å². The van der Waals surface area contributed by atoms with Gasteiger partial charge in [-0.1, -0.05) is 49.4 Å². The van der Waals surface area contributed by atoms with E-state index in [9.17, 15) is 4.79 Å². The number of anilines is 1. The van der Waals surface area contributed by atoms with E-state index in [1.807, 2.05) is 48.5 Å². The Labute approximate surface area is 149 Å². The number of nitrogens with one attached hydrogen (secondary N) is 1. The van der Waals surface area contributed by atoms with Gasteiger partial charge in [0.15, 0.2) is 0 Å². The predicted molar refractivity (Wildman–Crippen MR) is 101 cm³/mol. The lowest BCUT2D eigenvalue weighted by Crippen LogP contribution is -2.13. The molecule has 132 valence electrons. The number of hydrogen-bond acceptors (Lipinski definition) is 3. The van der Waals surface area contributed by atoms with Gasteiger partial charge in [0.1, 0.15) is 0 Å². The molecule has 0 aliphatic heterocycles. The summed E-state index contributed by atoms with van der Waals surface area (Å²) in [5, 5.41) is 11.8. The van der Waals surface area contributed by atoms with Gasteiger partial charge in [-0.2, -0.15) is 0 Å². The van der Waals surface area contributed by atoms with Crippen molar-refractivity contribution in [1.82, 2.24) is 0 Å². The van der Waals surface area contributed by atoms with Crippen molar-refractivity contribution >= 4 is 11.6 Å². The molecular weight excluding hydrogens is 314 g/mol. The number of methoxy groups -OCH3 is 1. The number of aliphatic hydroxyl groups excluding tert-OH is 1. The van der Waals surface area contributed by atoms with E-state index in [0.717, 1.165) is 11.3 Å². The van der Waals surface area contributed by atoms with Gasteiger partial charge in [-0.05, 0) is 36.2 Å². The SMILES string of the molecule is CO[C@@H](c1ccc(NC(=O)c2ccccc2)cc1)[C@@H](C)/C=C/CCO. The Morgan fingerprint density at radius 1 is 1.16 bits per heavy atom. The fourth-order valence-corrected chi connectivity index (χ4v) is 2.69. The maximum atomic E-state index is 12.2. The molecule has 4 nitrogen and oxygen atoms in total. The molecule has 0 bridgehead atoms. The molecule has 0 saturated carbocycles. The van der Waals surface area contributed by atoms with Crippen LogP contribution in [0.5, 0.6) is 0 Å². The van der Waals surface area contributed by atoms with Gasteiger partial charge in [0, 0.05) is 30.9 Å². The summed E-state index contributed by atoms with van der Waals surface area (Å²) < 4.78 is 5.62. The molecule has 2 N–H and O–H groups in total. The van der Waals surface area contributed by atoms with Crippen molar-refractivity contribution in [2.24, 2.45) is 5.92 Å². The summed E-state index contributed by atoms with van der Waals surface area (Å²) in [4.78, 5) is 12.2. The topological polar surface area (TPSA) is 58.6 Å². The highest BCUT2D eigenvalue weighted by atomic mass is 16.5. The van der Waals surface area contributed by atoms with Gasteiger partial charge in [-0.25, -0.2) is 0 Å². The van der Waals surface area contributed by atoms with E-state index < -0.39 is 0 Å². The summed E-state index contributed by atoms with van der Waals surface area (Å²) in [5.41, 5.74) is 2.42. The van der Waals surface area contributed by atoms with Crippen LogP contribution in [-0.2, 0) is 4.74 Å². The van der Waals surface area contributed by atoms with Crippen LogP contribution in [0.4, 0.5) is 5.69 Å². The van der Waals surface area contributed by atoms with Gasteiger partial charge in [0.25, 0.3) is 5.91 Å². The number of rotatable bonds is 8. The predicted octanol–water partition coefficient (Wildman–Crippen LogP) is 4.20. The Kier molecular flexibility index (Phi) is 7.38. The highest BCUT2D eigenvalue weighted by molar-refractivity contribution is 6.04. The summed E-state index contributed by atoms with van der Waals surface area (Å²) in [5.74, 6) is 0.0539. The van der Waals surface area contributed by atoms with Crippen LogP contribution in [0.3, 0.4) is 0 Å². The lowest BCUT2D eigenvalue weighted by molar-refractivity contribution is 0.0740. The quantitative estimate of drug-likeness (QED) is 0.709. The molecule has 0 aliphatic rings. The lowest BCUT2D eigenvalue weighted by atomic mass is 9.96. The van der Waals surface area contributed by atoms with E-state index in [-0.39, 0.29) is 24.5 Å². The number of amides is 1. The normalized spacial score (nSPS) is 13.6. The Hall–Kier alpha value is -2.43. The van der Waals surface area contributed by atoms with Gasteiger partial charge in [0.05, 0.1) is 6.10 Å². The van der Waals surface area contributed by atoms with E-state index in [1.54, 1.807) is 19.2 Å². The monoisotopic (exact) mass is 339 g/mol. The molecule has 4 heteroatoms.